The third kappa shape index (κ3) is 4.97. The van der Waals surface area contributed by atoms with E-state index in [1.807, 2.05) is 44.4 Å². The molecule has 2 aromatic rings. The molecule has 0 saturated heterocycles. The average Bonchev–Trinajstić information content (AvgIpc) is 3.15. The van der Waals surface area contributed by atoms with Crippen molar-refractivity contribution in [2.45, 2.75) is 30.7 Å². The maximum atomic E-state index is 14.6. The van der Waals surface area contributed by atoms with E-state index in [2.05, 4.69) is 10.0 Å². The van der Waals surface area contributed by atoms with Crippen LogP contribution in [0.3, 0.4) is 0 Å². The van der Waals surface area contributed by atoms with Gasteiger partial charge in [-0.3, -0.25) is 4.79 Å². The first-order valence-corrected chi connectivity index (χ1v) is 10.9. The molecule has 1 unspecified atom stereocenters. The maximum absolute atomic E-state index is 14.6. The van der Waals surface area contributed by atoms with Crippen molar-refractivity contribution >= 4 is 22.7 Å². The van der Waals surface area contributed by atoms with Crippen LogP contribution in [-0.2, 0) is 14.4 Å². The number of methoxy groups -OCH3 is 1. The van der Waals surface area contributed by atoms with Crippen molar-refractivity contribution in [3.05, 3.63) is 71.3 Å². The van der Waals surface area contributed by atoms with Crippen LogP contribution in [0.4, 0.5) is 8.78 Å². The van der Waals surface area contributed by atoms with Crippen molar-refractivity contribution in [3.8, 4) is 0 Å². The van der Waals surface area contributed by atoms with Gasteiger partial charge in [0, 0.05) is 12.7 Å². The second-order valence-corrected chi connectivity index (χ2v) is 8.98. The van der Waals surface area contributed by atoms with E-state index < -0.39 is 22.6 Å². The van der Waals surface area contributed by atoms with E-state index in [1.165, 1.54) is 23.9 Å². The van der Waals surface area contributed by atoms with Gasteiger partial charge in [-0.15, -0.1) is 0 Å². The highest BCUT2D eigenvalue weighted by atomic mass is 32.2. The summed E-state index contributed by atoms with van der Waals surface area (Å²) in [7, 11) is 5.42. The van der Waals surface area contributed by atoms with E-state index >= 15 is 0 Å². The van der Waals surface area contributed by atoms with Crippen LogP contribution in [-0.4, -0.2) is 54.7 Å². The lowest BCUT2D eigenvalue weighted by Crippen LogP contribution is -2.46. The van der Waals surface area contributed by atoms with Crippen molar-refractivity contribution in [2.75, 3.05) is 27.7 Å². The highest BCUT2D eigenvalue weighted by Crippen LogP contribution is 2.51. The molecule has 0 radical (unpaired) electrons. The SMILES string of the molecule is COC(C)C(=O)N1N=C(c2cc(F)ccc2F)S[C@@]1(CCCN(C)C)c1ccccc1. The predicted molar refractivity (Wildman–Crippen MR) is 120 cm³/mol. The zero-order valence-corrected chi connectivity index (χ0v) is 19.0. The Morgan fingerprint density at radius 3 is 2.58 bits per heavy atom. The minimum atomic E-state index is -0.894. The lowest BCUT2D eigenvalue weighted by atomic mass is 9.99. The Kier molecular flexibility index (Phi) is 7.46. The minimum Gasteiger partial charge on any atom is -0.372 e. The fraction of sp³-hybridized carbons (Fsp3) is 0.391. The number of nitrogens with zero attached hydrogens (tertiary/aromatic N) is 3. The first-order valence-electron chi connectivity index (χ1n) is 10.1. The topological polar surface area (TPSA) is 45.1 Å². The molecule has 1 aliphatic rings. The molecule has 0 aliphatic carbocycles. The number of carbonyl (C=O) groups excluding carboxylic acids is 1. The van der Waals surface area contributed by atoms with Crippen molar-refractivity contribution in [1.29, 1.82) is 0 Å². The molecule has 0 aromatic heterocycles. The van der Waals surface area contributed by atoms with Gasteiger partial charge in [0.15, 0.2) is 0 Å². The Morgan fingerprint density at radius 1 is 1.23 bits per heavy atom. The number of thioether (sulfide) groups is 1. The van der Waals surface area contributed by atoms with Crippen molar-refractivity contribution < 1.29 is 18.3 Å². The largest absolute Gasteiger partial charge is 0.372 e. The molecule has 31 heavy (non-hydrogen) atoms. The molecule has 166 valence electrons. The molecule has 1 aliphatic heterocycles. The van der Waals surface area contributed by atoms with Crippen LogP contribution in [0.1, 0.15) is 30.9 Å². The minimum absolute atomic E-state index is 0.0401. The van der Waals surface area contributed by atoms with Crippen molar-refractivity contribution in [3.63, 3.8) is 0 Å². The summed E-state index contributed by atoms with van der Waals surface area (Å²) >= 11 is 1.28. The van der Waals surface area contributed by atoms with Crippen LogP contribution in [0.15, 0.2) is 53.6 Å². The van der Waals surface area contributed by atoms with E-state index in [0.717, 1.165) is 36.7 Å². The number of ether oxygens (including phenoxy) is 1. The number of benzene rings is 2. The fourth-order valence-corrected chi connectivity index (χ4v) is 4.91. The summed E-state index contributed by atoms with van der Waals surface area (Å²) in [5, 5.41) is 6.19. The monoisotopic (exact) mass is 447 g/mol. The number of hydrazone groups is 1. The van der Waals surface area contributed by atoms with Gasteiger partial charge in [-0.1, -0.05) is 42.1 Å². The molecule has 3 rings (SSSR count). The van der Waals surface area contributed by atoms with Crippen molar-refractivity contribution in [1.82, 2.24) is 9.91 Å². The van der Waals surface area contributed by atoms with Crippen LogP contribution in [0.5, 0.6) is 0 Å². The van der Waals surface area contributed by atoms with Crippen LogP contribution < -0.4 is 0 Å². The van der Waals surface area contributed by atoms with E-state index in [-0.39, 0.29) is 16.5 Å². The molecule has 8 heteroatoms. The van der Waals surface area contributed by atoms with Crippen LogP contribution in [0, 0.1) is 11.6 Å². The smallest absolute Gasteiger partial charge is 0.273 e. The Labute approximate surface area is 186 Å². The summed E-state index contributed by atoms with van der Waals surface area (Å²) in [6.45, 7) is 2.46. The molecule has 1 heterocycles. The van der Waals surface area contributed by atoms with Gasteiger partial charge in [0.25, 0.3) is 5.91 Å². The summed E-state index contributed by atoms with van der Waals surface area (Å²) in [4.78, 5) is 14.5. The predicted octanol–water partition coefficient (Wildman–Crippen LogP) is 4.43. The highest BCUT2D eigenvalue weighted by molar-refractivity contribution is 8.15. The Bertz CT molecular complexity index is 955. The zero-order valence-electron chi connectivity index (χ0n) is 18.1. The number of halogens is 2. The van der Waals surface area contributed by atoms with Gasteiger partial charge in [-0.2, -0.15) is 5.10 Å². The molecular formula is C23H27F2N3O2S. The summed E-state index contributed by atoms with van der Waals surface area (Å²) in [5.74, 6) is -1.49. The summed E-state index contributed by atoms with van der Waals surface area (Å²) < 4.78 is 33.8. The summed E-state index contributed by atoms with van der Waals surface area (Å²) in [6.07, 6.45) is 0.610. The Balaban J connectivity index is 2.12. The average molecular weight is 448 g/mol. The second kappa shape index (κ2) is 9.89. The number of hydrogen-bond acceptors (Lipinski definition) is 5. The summed E-state index contributed by atoms with van der Waals surface area (Å²) in [5.41, 5.74) is 0.907. The van der Waals surface area contributed by atoms with E-state index in [0.29, 0.717) is 6.42 Å². The molecule has 0 fully saturated rings. The molecule has 0 spiro atoms. The number of rotatable bonds is 8. The van der Waals surface area contributed by atoms with Gasteiger partial charge < -0.3 is 9.64 Å². The van der Waals surface area contributed by atoms with E-state index in [9.17, 15) is 13.6 Å². The second-order valence-electron chi connectivity index (χ2n) is 7.72. The summed E-state index contributed by atoms with van der Waals surface area (Å²) in [6, 6.07) is 12.8. The van der Waals surface area contributed by atoms with Gasteiger partial charge in [-0.05, 0) is 64.2 Å². The molecule has 5 nitrogen and oxygen atoms in total. The van der Waals surface area contributed by atoms with Crippen LogP contribution in [0.2, 0.25) is 0 Å². The standard InChI is InChI=1S/C23H27F2N3O2S/c1-16(30-4)22(29)28-23(13-8-14-27(2)3,17-9-6-5-7-10-17)31-21(26-28)19-15-18(24)11-12-20(19)25/h5-7,9-12,15-16H,8,13-14H2,1-4H3/t16?,23-/m0/s1. The molecule has 2 aromatic carbocycles. The number of hydrogen-bond donors (Lipinski definition) is 0. The quantitative estimate of drug-likeness (QED) is 0.601. The molecule has 2 atom stereocenters. The lowest BCUT2D eigenvalue weighted by molar-refractivity contribution is -0.144. The van der Waals surface area contributed by atoms with Gasteiger partial charge in [0.2, 0.25) is 0 Å². The fourth-order valence-electron chi connectivity index (χ4n) is 3.48. The highest BCUT2D eigenvalue weighted by Gasteiger charge is 2.49. The van der Waals surface area contributed by atoms with Crippen molar-refractivity contribution in [2.24, 2.45) is 5.10 Å². The normalized spacial score (nSPS) is 19.6. The first-order chi connectivity index (χ1) is 14.8. The molecule has 0 saturated carbocycles. The molecule has 0 bridgehead atoms. The number of carbonyl (C=O) groups is 1. The third-order valence-corrected chi connectivity index (χ3v) is 6.66. The first kappa shape index (κ1) is 23.4. The van der Waals surface area contributed by atoms with Gasteiger partial charge >= 0.3 is 0 Å². The number of amides is 1. The maximum Gasteiger partial charge on any atom is 0.273 e. The van der Waals surface area contributed by atoms with E-state index in [4.69, 9.17) is 4.74 Å². The Morgan fingerprint density at radius 2 is 1.94 bits per heavy atom. The van der Waals surface area contributed by atoms with Crippen LogP contribution in [0.25, 0.3) is 0 Å². The van der Waals surface area contributed by atoms with E-state index in [1.54, 1.807) is 6.92 Å². The third-order valence-electron chi connectivity index (χ3n) is 5.21. The van der Waals surface area contributed by atoms with Gasteiger partial charge in [0.1, 0.15) is 27.7 Å². The van der Waals surface area contributed by atoms with Gasteiger partial charge in [0.05, 0.1) is 0 Å². The van der Waals surface area contributed by atoms with Crippen LogP contribution >= 0.6 is 11.8 Å². The zero-order chi connectivity index (χ0) is 22.6. The molecular weight excluding hydrogens is 420 g/mol. The Hall–Kier alpha value is -2.29. The molecule has 1 amide bonds. The lowest BCUT2D eigenvalue weighted by Gasteiger charge is -2.37. The van der Waals surface area contributed by atoms with Gasteiger partial charge in [-0.25, -0.2) is 13.8 Å². The molecule has 0 N–H and O–H groups in total.